The topological polar surface area (TPSA) is 111 Å². The standard InChI is InChI=1S/C25H36N6O4/c1-25(2,3)21-16-30(12-13-31(21)24(33)34)23-27-14-20(15-28-23)35-17-18-6-8-19(9-7-18)22(32)26-10-11-29(4)5/h6-9,14-15,21H,10-13,16-17H2,1-5H3,(H,26,32)(H,33,34). The fourth-order valence-corrected chi connectivity index (χ4v) is 3.90. The lowest BCUT2D eigenvalue weighted by Crippen LogP contribution is -2.59. The Kier molecular flexibility index (Phi) is 8.50. The van der Waals surface area contributed by atoms with Gasteiger partial charge in [-0.05, 0) is 37.2 Å². The monoisotopic (exact) mass is 484 g/mol. The quantitative estimate of drug-likeness (QED) is 0.588. The Hall–Kier alpha value is -3.40. The van der Waals surface area contributed by atoms with Gasteiger partial charge in [0, 0.05) is 38.3 Å². The van der Waals surface area contributed by atoms with Crippen molar-refractivity contribution in [2.75, 3.05) is 51.7 Å². The number of piperazine rings is 1. The summed E-state index contributed by atoms with van der Waals surface area (Å²) in [6, 6.07) is 7.14. The molecule has 1 saturated heterocycles. The van der Waals surface area contributed by atoms with Crippen LogP contribution in [0.25, 0.3) is 0 Å². The second-order valence-corrected chi connectivity index (χ2v) is 10.1. The first-order valence-corrected chi connectivity index (χ1v) is 11.8. The summed E-state index contributed by atoms with van der Waals surface area (Å²) < 4.78 is 5.81. The lowest BCUT2D eigenvalue weighted by molar-refractivity contribution is 0.0745. The minimum atomic E-state index is -0.896. The number of hydrogen-bond donors (Lipinski definition) is 2. The van der Waals surface area contributed by atoms with E-state index in [1.807, 2.05) is 56.8 Å². The van der Waals surface area contributed by atoms with Crippen LogP contribution >= 0.6 is 0 Å². The molecule has 10 heteroatoms. The molecule has 2 N–H and O–H groups in total. The molecule has 1 fully saturated rings. The summed E-state index contributed by atoms with van der Waals surface area (Å²) in [5, 5.41) is 12.4. The van der Waals surface area contributed by atoms with Crippen molar-refractivity contribution in [2.24, 2.45) is 5.41 Å². The van der Waals surface area contributed by atoms with Crippen LogP contribution in [0.15, 0.2) is 36.7 Å². The van der Waals surface area contributed by atoms with Gasteiger partial charge in [-0.2, -0.15) is 0 Å². The molecule has 0 aliphatic carbocycles. The van der Waals surface area contributed by atoms with E-state index in [4.69, 9.17) is 4.74 Å². The van der Waals surface area contributed by atoms with Crippen LogP contribution in [0.5, 0.6) is 5.75 Å². The number of benzene rings is 1. The lowest BCUT2D eigenvalue weighted by atomic mass is 9.84. The molecular formula is C25H36N6O4. The molecule has 35 heavy (non-hydrogen) atoms. The van der Waals surface area contributed by atoms with Crippen LogP contribution in [0, 0.1) is 5.41 Å². The molecule has 10 nitrogen and oxygen atoms in total. The first kappa shape index (κ1) is 26.2. The van der Waals surface area contributed by atoms with Gasteiger partial charge in [-0.15, -0.1) is 0 Å². The minimum Gasteiger partial charge on any atom is -0.486 e. The fraction of sp³-hybridized carbons (Fsp3) is 0.520. The Labute approximate surface area is 206 Å². The molecule has 1 aromatic carbocycles. The van der Waals surface area contributed by atoms with Crippen LogP contribution in [0.2, 0.25) is 0 Å². The number of carbonyl (C=O) groups is 2. The summed E-state index contributed by atoms with van der Waals surface area (Å²) in [7, 11) is 3.93. The molecule has 1 aliphatic heterocycles. The molecule has 0 spiro atoms. The van der Waals surface area contributed by atoms with Crippen LogP contribution in [-0.2, 0) is 6.61 Å². The Balaban J connectivity index is 1.53. The third-order valence-electron chi connectivity index (χ3n) is 5.99. The first-order valence-electron chi connectivity index (χ1n) is 11.8. The molecule has 3 rings (SSSR count). The molecule has 190 valence electrons. The van der Waals surface area contributed by atoms with Gasteiger partial charge in [0.25, 0.3) is 5.91 Å². The zero-order valence-corrected chi connectivity index (χ0v) is 21.2. The summed E-state index contributed by atoms with van der Waals surface area (Å²) in [5.74, 6) is 0.998. The number of ether oxygens (including phenoxy) is 1. The predicted octanol–water partition coefficient (Wildman–Crippen LogP) is 2.56. The van der Waals surface area contributed by atoms with Crippen LogP contribution in [-0.4, -0.2) is 89.7 Å². The molecule has 2 amide bonds. The molecule has 1 aromatic heterocycles. The number of rotatable bonds is 8. The SMILES string of the molecule is CN(C)CCNC(=O)c1ccc(COc2cnc(N3CCN(C(=O)O)C(C(C)(C)C)C3)nc2)cc1. The third kappa shape index (κ3) is 7.29. The van der Waals surface area contributed by atoms with Crippen LogP contribution in [0.1, 0.15) is 36.7 Å². The molecule has 2 heterocycles. The highest BCUT2D eigenvalue weighted by Gasteiger charge is 2.38. The van der Waals surface area contributed by atoms with E-state index in [9.17, 15) is 14.7 Å². The van der Waals surface area contributed by atoms with Crippen LogP contribution < -0.4 is 15.0 Å². The average Bonchev–Trinajstić information content (AvgIpc) is 2.82. The van der Waals surface area contributed by atoms with Gasteiger partial charge in [0.05, 0.1) is 18.4 Å². The number of anilines is 1. The van der Waals surface area contributed by atoms with E-state index in [1.54, 1.807) is 24.5 Å². The molecular weight excluding hydrogens is 448 g/mol. The van der Waals surface area contributed by atoms with Gasteiger partial charge in [0.15, 0.2) is 5.75 Å². The number of carboxylic acid groups (broad SMARTS) is 1. The van der Waals surface area contributed by atoms with Crippen molar-refractivity contribution < 1.29 is 19.4 Å². The van der Waals surface area contributed by atoms with Crippen molar-refractivity contribution in [3.63, 3.8) is 0 Å². The zero-order valence-electron chi connectivity index (χ0n) is 21.2. The van der Waals surface area contributed by atoms with E-state index in [0.717, 1.165) is 12.1 Å². The molecule has 0 saturated carbocycles. The molecule has 0 radical (unpaired) electrons. The van der Waals surface area contributed by atoms with E-state index >= 15 is 0 Å². The summed E-state index contributed by atoms with van der Waals surface area (Å²) in [5.41, 5.74) is 1.33. The maximum Gasteiger partial charge on any atom is 0.407 e. The summed E-state index contributed by atoms with van der Waals surface area (Å²) in [4.78, 5) is 38.3. The molecule has 1 atom stereocenters. The highest BCUT2D eigenvalue weighted by molar-refractivity contribution is 5.94. The Morgan fingerprint density at radius 2 is 1.80 bits per heavy atom. The Morgan fingerprint density at radius 1 is 1.14 bits per heavy atom. The second-order valence-electron chi connectivity index (χ2n) is 10.1. The lowest BCUT2D eigenvalue weighted by Gasteiger charge is -2.45. The van der Waals surface area contributed by atoms with E-state index in [0.29, 0.717) is 50.0 Å². The van der Waals surface area contributed by atoms with Crippen molar-refractivity contribution in [3.05, 3.63) is 47.8 Å². The van der Waals surface area contributed by atoms with Gasteiger partial charge in [0.2, 0.25) is 5.95 Å². The number of hydrogen-bond acceptors (Lipinski definition) is 7. The number of aromatic nitrogens is 2. The first-order chi connectivity index (χ1) is 16.5. The Bertz CT molecular complexity index is 989. The van der Waals surface area contributed by atoms with E-state index in [1.165, 1.54) is 4.90 Å². The van der Waals surface area contributed by atoms with Crippen molar-refractivity contribution >= 4 is 17.9 Å². The number of nitrogens with one attached hydrogen (secondary N) is 1. The van der Waals surface area contributed by atoms with Crippen LogP contribution in [0.3, 0.4) is 0 Å². The normalized spacial score (nSPS) is 16.3. The van der Waals surface area contributed by atoms with Crippen LogP contribution in [0.4, 0.5) is 10.7 Å². The maximum atomic E-state index is 12.2. The summed E-state index contributed by atoms with van der Waals surface area (Å²) in [6.45, 7) is 9.31. The van der Waals surface area contributed by atoms with Gasteiger partial charge < -0.3 is 29.9 Å². The number of carbonyl (C=O) groups excluding carboxylic acids is 1. The highest BCUT2D eigenvalue weighted by Crippen LogP contribution is 2.29. The van der Waals surface area contributed by atoms with E-state index in [-0.39, 0.29) is 17.4 Å². The van der Waals surface area contributed by atoms with Gasteiger partial charge >= 0.3 is 6.09 Å². The summed E-state index contributed by atoms with van der Waals surface area (Å²) >= 11 is 0. The van der Waals surface area contributed by atoms with Gasteiger partial charge in [-0.3, -0.25) is 4.79 Å². The van der Waals surface area contributed by atoms with Crippen molar-refractivity contribution in [1.29, 1.82) is 0 Å². The number of nitrogens with zero attached hydrogens (tertiary/aromatic N) is 5. The highest BCUT2D eigenvalue weighted by atomic mass is 16.5. The number of likely N-dealkylation sites (N-methyl/N-ethyl adjacent to an activating group) is 1. The Morgan fingerprint density at radius 3 is 2.37 bits per heavy atom. The van der Waals surface area contributed by atoms with Gasteiger partial charge in [-0.25, -0.2) is 14.8 Å². The van der Waals surface area contributed by atoms with E-state index in [2.05, 4.69) is 15.3 Å². The largest absolute Gasteiger partial charge is 0.486 e. The fourth-order valence-electron chi connectivity index (χ4n) is 3.90. The summed E-state index contributed by atoms with van der Waals surface area (Å²) in [6.07, 6.45) is 2.36. The van der Waals surface area contributed by atoms with E-state index < -0.39 is 6.09 Å². The zero-order chi connectivity index (χ0) is 25.6. The molecule has 0 bridgehead atoms. The van der Waals surface area contributed by atoms with Gasteiger partial charge in [-0.1, -0.05) is 32.9 Å². The van der Waals surface area contributed by atoms with Gasteiger partial charge in [0.1, 0.15) is 6.61 Å². The second kappa shape index (κ2) is 11.4. The van der Waals surface area contributed by atoms with Crippen molar-refractivity contribution in [1.82, 2.24) is 25.1 Å². The minimum absolute atomic E-state index is 0.0961. The molecule has 2 aromatic rings. The molecule has 1 aliphatic rings. The van der Waals surface area contributed by atoms with Crippen molar-refractivity contribution in [2.45, 2.75) is 33.4 Å². The number of amides is 2. The maximum absolute atomic E-state index is 12.2. The third-order valence-corrected chi connectivity index (χ3v) is 5.99. The molecule has 1 unspecified atom stereocenters. The smallest absolute Gasteiger partial charge is 0.407 e. The van der Waals surface area contributed by atoms with Crippen molar-refractivity contribution in [3.8, 4) is 5.75 Å². The predicted molar refractivity (Wildman–Crippen MR) is 134 cm³/mol. The average molecular weight is 485 g/mol.